The van der Waals surface area contributed by atoms with E-state index in [9.17, 15) is 4.79 Å². The van der Waals surface area contributed by atoms with Crippen LogP contribution in [0.5, 0.6) is 0 Å². The molecule has 1 saturated carbocycles. The highest BCUT2D eigenvalue weighted by Crippen LogP contribution is 2.30. The maximum atomic E-state index is 12.1. The van der Waals surface area contributed by atoms with E-state index in [1.807, 2.05) is 30.3 Å². The highest BCUT2D eigenvalue weighted by molar-refractivity contribution is 5.94. The first-order valence-corrected chi connectivity index (χ1v) is 6.96. The van der Waals surface area contributed by atoms with Gasteiger partial charge in [0.25, 0.3) is 5.91 Å². The van der Waals surface area contributed by atoms with Crippen molar-refractivity contribution in [2.45, 2.75) is 44.3 Å². The van der Waals surface area contributed by atoms with Gasteiger partial charge < -0.3 is 5.32 Å². The van der Waals surface area contributed by atoms with Crippen LogP contribution in [0, 0.1) is 0 Å². The van der Waals surface area contributed by atoms with Gasteiger partial charge in [-0.25, -0.2) is 0 Å². The van der Waals surface area contributed by atoms with E-state index >= 15 is 0 Å². The van der Waals surface area contributed by atoms with Crippen LogP contribution in [0.3, 0.4) is 0 Å². The molecule has 3 rings (SSSR count). The summed E-state index contributed by atoms with van der Waals surface area (Å²) in [6.07, 6.45) is 6.50. The third-order valence-electron chi connectivity index (χ3n) is 4.17. The zero-order chi connectivity index (χ0) is 12.4. The fraction of sp³-hybridized carbons (Fsp3) is 0.533. The van der Waals surface area contributed by atoms with E-state index in [-0.39, 0.29) is 12.1 Å². The van der Waals surface area contributed by atoms with Gasteiger partial charge in [0.05, 0.1) is 6.17 Å². The van der Waals surface area contributed by atoms with E-state index in [2.05, 4.69) is 10.2 Å². The highest BCUT2D eigenvalue weighted by Gasteiger charge is 2.34. The average Bonchev–Trinajstić information content (AvgIpc) is 2.76. The van der Waals surface area contributed by atoms with Crippen molar-refractivity contribution in [3.8, 4) is 0 Å². The SMILES string of the molecule is O=C(NC1CCCN1C1CCC1)c1ccccc1. The largest absolute Gasteiger partial charge is 0.336 e. The van der Waals surface area contributed by atoms with Crippen molar-refractivity contribution in [3.05, 3.63) is 35.9 Å². The molecule has 1 N–H and O–H groups in total. The van der Waals surface area contributed by atoms with Gasteiger partial charge in [0, 0.05) is 18.2 Å². The van der Waals surface area contributed by atoms with Gasteiger partial charge in [-0.05, 0) is 37.8 Å². The second-order valence-electron chi connectivity index (χ2n) is 5.32. The van der Waals surface area contributed by atoms with Gasteiger partial charge in [-0.2, -0.15) is 0 Å². The van der Waals surface area contributed by atoms with Crippen molar-refractivity contribution in [2.75, 3.05) is 6.54 Å². The third-order valence-corrected chi connectivity index (χ3v) is 4.17. The van der Waals surface area contributed by atoms with E-state index in [1.54, 1.807) is 0 Å². The topological polar surface area (TPSA) is 32.3 Å². The second-order valence-corrected chi connectivity index (χ2v) is 5.32. The number of hydrogen-bond acceptors (Lipinski definition) is 2. The first-order chi connectivity index (χ1) is 8.84. The number of nitrogens with zero attached hydrogens (tertiary/aromatic N) is 1. The molecule has 1 saturated heterocycles. The minimum Gasteiger partial charge on any atom is -0.336 e. The standard InChI is InChI=1S/C15H20N2O/c18-15(12-6-2-1-3-7-12)16-14-10-5-11-17(14)13-8-4-9-13/h1-3,6-7,13-14H,4-5,8-11H2,(H,16,18). The molecule has 1 aliphatic heterocycles. The summed E-state index contributed by atoms with van der Waals surface area (Å²) in [6.45, 7) is 1.14. The molecular weight excluding hydrogens is 224 g/mol. The van der Waals surface area contributed by atoms with Crippen LogP contribution in [0.25, 0.3) is 0 Å². The summed E-state index contributed by atoms with van der Waals surface area (Å²) in [5.41, 5.74) is 0.762. The number of carbonyl (C=O) groups is 1. The molecule has 0 spiro atoms. The van der Waals surface area contributed by atoms with Gasteiger partial charge in [0.1, 0.15) is 0 Å². The van der Waals surface area contributed by atoms with Crippen LogP contribution in [0.15, 0.2) is 30.3 Å². The lowest BCUT2D eigenvalue weighted by Crippen LogP contribution is -2.50. The van der Waals surface area contributed by atoms with E-state index in [1.165, 1.54) is 25.7 Å². The van der Waals surface area contributed by atoms with Crippen molar-refractivity contribution in [1.29, 1.82) is 0 Å². The van der Waals surface area contributed by atoms with Crippen molar-refractivity contribution >= 4 is 5.91 Å². The molecule has 1 unspecified atom stereocenters. The van der Waals surface area contributed by atoms with Crippen LogP contribution in [0.4, 0.5) is 0 Å². The lowest BCUT2D eigenvalue weighted by molar-refractivity contribution is 0.0739. The van der Waals surface area contributed by atoms with Crippen LogP contribution >= 0.6 is 0 Å². The van der Waals surface area contributed by atoms with Gasteiger partial charge in [-0.1, -0.05) is 24.6 Å². The van der Waals surface area contributed by atoms with Crippen LogP contribution in [-0.2, 0) is 0 Å². The minimum absolute atomic E-state index is 0.0619. The van der Waals surface area contributed by atoms with Gasteiger partial charge in [-0.15, -0.1) is 0 Å². The Hall–Kier alpha value is -1.35. The second kappa shape index (κ2) is 5.11. The molecule has 3 nitrogen and oxygen atoms in total. The molecule has 1 amide bonds. The zero-order valence-corrected chi connectivity index (χ0v) is 10.6. The Labute approximate surface area is 108 Å². The van der Waals surface area contributed by atoms with Gasteiger partial charge >= 0.3 is 0 Å². The van der Waals surface area contributed by atoms with Gasteiger partial charge in [0.15, 0.2) is 0 Å². The summed E-state index contributed by atoms with van der Waals surface area (Å²) in [5.74, 6) is 0.0619. The number of rotatable bonds is 3. The highest BCUT2D eigenvalue weighted by atomic mass is 16.1. The number of amides is 1. The Kier molecular flexibility index (Phi) is 3.33. The maximum absolute atomic E-state index is 12.1. The monoisotopic (exact) mass is 244 g/mol. The minimum atomic E-state index is 0.0619. The summed E-state index contributed by atoms with van der Waals surface area (Å²) >= 11 is 0. The van der Waals surface area contributed by atoms with Gasteiger partial charge in [0.2, 0.25) is 0 Å². The molecule has 2 fully saturated rings. The van der Waals surface area contributed by atoms with E-state index in [4.69, 9.17) is 0 Å². The molecule has 0 aromatic heterocycles. The molecule has 1 aromatic rings. The Morgan fingerprint density at radius 2 is 1.89 bits per heavy atom. The van der Waals surface area contributed by atoms with Gasteiger partial charge in [-0.3, -0.25) is 9.69 Å². The van der Waals surface area contributed by atoms with E-state index in [0.717, 1.165) is 18.5 Å². The zero-order valence-electron chi connectivity index (χ0n) is 10.6. The lowest BCUT2D eigenvalue weighted by atomic mass is 9.91. The van der Waals surface area contributed by atoms with Crippen LogP contribution in [-0.4, -0.2) is 29.6 Å². The lowest BCUT2D eigenvalue weighted by Gasteiger charge is -2.38. The predicted octanol–water partition coefficient (Wildman–Crippen LogP) is 2.39. The normalized spacial score (nSPS) is 24.8. The molecular formula is C15H20N2O. The Morgan fingerprint density at radius 3 is 2.56 bits per heavy atom. The summed E-state index contributed by atoms with van der Waals surface area (Å²) in [5, 5.41) is 3.18. The Morgan fingerprint density at radius 1 is 1.11 bits per heavy atom. The Balaban J connectivity index is 1.63. The molecule has 3 heteroatoms. The van der Waals surface area contributed by atoms with Crippen molar-refractivity contribution < 1.29 is 4.79 Å². The van der Waals surface area contributed by atoms with Crippen molar-refractivity contribution in [3.63, 3.8) is 0 Å². The van der Waals surface area contributed by atoms with Crippen molar-refractivity contribution in [1.82, 2.24) is 10.2 Å². The fourth-order valence-corrected chi connectivity index (χ4v) is 2.92. The number of likely N-dealkylation sites (tertiary alicyclic amines) is 1. The molecule has 1 aromatic carbocycles. The third kappa shape index (κ3) is 2.27. The molecule has 1 aliphatic carbocycles. The molecule has 1 heterocycles. The van der Waals surface area contributed by atoms with E-state index in [0.29, 0.717) is 6.04 Å². The number of hydrogen-bond donors (Lipinski definition) is 1. The van der Waals surface area contributed by atoms with Crippen LogP contribution in [0.1, 0.15) is 42.5 Å². The number of nitrogens with one attached hydrogen (secondary N) is 1. The Bertz CT molecular complexity index is 414. The van der Waals surface area contributed by atoms with Crippen LogP contribution in [0.2, 0.25) is 0 Å². The summed E-state index contributed by atoms with van der Waals surface area (Å²) in [6, 6.07) is 10.2. The molecule has 1 atom stereocenters. The molecule has 0 bridgehead atoms. The molecule has 2 aliphatic rings. The predicted molar refractivity (Wildman–Crippen MR) is 71.3 cm³/mol. The quantitative estimate of drug-likeness (QED) is 0.885. The molecule has 18 heavy (non-hydrogen) atoms. The summed E-state index contributed by atoms with van der Waals surface area (Å²) < 4.78 is 0. The summed E-state index contributed by atoms with van der Waals surface area (Å²) in [4.78, 5) is 14.6. The van der Waals surface area contributed by atoms with Crippen molar-refractivity contribution in [2.24, 2.45) is 0 Å². The first kappa shape index (κ1) is 11.7. The first-order valence-electron chi connectivity index (χ1n) is 6.96. The summed E-state index contributed by atoms with van der Waals surface area (Å²) in [7, 11) is 0. The average molecular weight is 244 g/mol. The van der Waals surface area contributed by atoms with E-state index < -0.39 is 0 Å². The number of benzene rings is 1. The fourth-order valence-electron chi connectivity index (χ4n) is 2.92. The molecule has 0 radical (unpaired) electrons. The maximum Gasteiger partial charge on any atom is 0.252 e. The molecule has 96 valence electrons. The number of carbonyl (C=O) groups excluding carboxylic acids is 1. The van der Waals surface area contributed by atoms with Crippen LogP contribution < -0.4 is 5.32 Å². The smallest absolute Gasteiger partial charge is 0.252 e.